The number of anilines is 4. The number of para-hydroxylation sites is 1. The SMILES string of the molecule is COc1cc(N2CCC(N3CCN(C)CC3)CC2)ccc1-n1ccc2nc(N)nc(Nc3ccccc3S(C)(=O)=O)c21. The first kappa shape index (κ1) is 28.3. The first-order valence-electron chi connectivity index (χ1n) is 14.3. The molecule has 6 rings (SSSR count). The van der Waals surface area contributed by atoms with Gasteiger partial charge < -0.3 is 30.2 Å². The summed E-state index contributed by atoms with van der Waals surface area (Å²) in [6.07, 6.45) is 5.38. The second kappa shape index (κ2) is 11.4. The van der Waals surface area contributed by atoms with Crippen LogP contribution in [0.15, 0.2) is 59.6 Å². The summed E-state index contributed by atoms with van der Waals surface area (Å²) in [6, 6.07) is 15.5. The number of fused-ring (bicyclic) bond motifs is 1. The maximum absolute atomic E-state index is 12.4. The van der Waals surface area contributed by atoms with E-state index in [0.29, 0.717) is 34.3 Å². The number of methoxy groups -OCH3 is 1. The van der Waals surface area contributed by atoms with Gasteiger partial charge in [0.05, 0.1) is 28.9 Å². The van der Waals surface area contributed by atoms with Crippen LogP contribution in [0.5, 0.6) is 5.75 Å². The number of benzene rings is 2. The molecule has 2 aliphatic rings. The van der Waals surface area contributed by atoms with Gasteiger partial charge in [0.25, 0.3) is 0 Å². The molecule has 4 aromatic rings. The highest BCUT2D eigenvalue weighted by molar-refractivity contribution is 7.90. The van der Waals surface area contributed by atoms with Crippen molar-refractivity contribution in [3.8, 4) is 11.4 Å². The third-order valence-electron chi connectivity index (χ3n) is 8.40. The van der Waals surface area contributed by atoms with Gasteiger partial charge in [-0.3, -0.25) is 4.90 Å². The lowest BCUT2D eigenvalue weighted by molar-refractivity contribution is 0.0982. The summed E-state index contributed by atoms with van der Waals surface area (Å²) in [5.41, 5.74) is 9.69. The molecule has 0 radical (unpaired) electrons. The number of piperazine rings is 1. The van der Waals surface area contributed by atoms with E-state index in [1.807, 2.05) is 22.9 Å². The molecule has 2 aliphatic heterocycles. The van der Waals surface area contributed by atoms with Crippen molar-refractivity contribution in [1.29, 1.82) is 0 Å². The van der Waals surface area contributed by atoms with Gasteiger partial charge in [-0.25, -0.2) is 13.4 Å². The van der Waals surface area contributed by atoms with Crippen molar-refractivity contribution >= 4 is 44.0 Å². The summed E-state index contributed by atoms with van der Waals surface area (Å²) in [5, 5.41) is 3.21. The lowest BCUT2D eigenvalue weighted by atomic mass is 10.0. The molecule has 2 saturated heterocycles. The number of ether oxygens (including phenoxy) is 1. The van der Waals surface area contributed by atoms with Gasteiger partial charge in [0.2, 0.25) is 5.95 Å². The molecule has 0 amide bonds. The summed E-state index contributed by atoms with van der Waals surface area (Å²) in [4.78, 5) is 16.6. The number of hydrogen-bond acceptors (Lipinski definition) is 10. The van der Waals surface area contributed by atoms with Gasteiger partial charge in [-0.1, -0.05) is 12.1 Å². The number of nitrogens with zero attached hydrogens (tertiary/aromatic N) is 6. The van der Waals surface area contributed by atoms with Crippen LogP contribution in [0.1, 0.15) is 12.8 Å². The highest BCUT2D eigenvalue weighted by Gasteiger charge is 2.27. The number of nitrogen functional groups attached to an aromatic ring is 1. The van der Waals surface area contributed by atoms with Gasteiger partial charge in [-0.15, -0.1) is 0 Å². The average molecular weight is 591 g/mol. The second-order valence-electron chi connectivity index (χ2n) is 11.2. The number of piperidine rings is 1. The van der Waals surface area contributed by atoms with Gasteiger partial charge in [-0.05, 0) is 50.2 Å². The van der Waals surface area contributed by atoms with Gasteiger partial charge in [0, 0.05) is 69.5 Å². The van der Waals surface area contributed by atoms with Crippen LogP contribution in [-0.4, -0.2) is 98.5 Å². The Morgan fingerprint density at radius 3 is 2.43 bits per heavy atom. The normalized spacial score (nSPS) is 17.5. The van der Waals surface area contributed by atoms with Gasteiger partial charge in [0.1, 0.15) is 11.3 Å². The van der Waals surface area contributed by atoms with Crippen LogP contribution < -0.4 is 20.7 Å². The Kier molecular flexibility index (Phi) is 7.69. The molecule has 11 nitrogen and oxygen atoms in total. The number of aromatic nitrogens is 3. The fourth-order valence-electron chi connectivity index (χ4n) is 6.11. The van der Waals surface area contributed by atoms with E-state index in [0.717, 1.165) is 63.5 Å². The Hall–Kier alpha value is -3.87. The van der Waals surface area contributed by atoms with Gasteiger partial charge in [0.15, 0.2) is 15.7 Å². The third kappa shape index (κ3) is 5.61. The van der Waals surface area contributed by atoms with E-state index in [9.17, 15) is 8.42 Å². The number of hydrogen-bond donors (Lipinski definition) is 2. The Labute approximate surface area is 246 Å². The highest BCUT2D eigenvalue weighted by atomic mass is 32.2. The summed E-state index contributed by atoms with van der Waals surface area (Å²) in [5.74, 6) is 1.20. The summed E-state index contributed by atoms with van der Waals surface area (Å²) in [7, 11) is 0.393. The topological polar surface area (TPSA) is 122 Å². The van der Waals surface area contributed by atoms with E-state index in [1.54, 1.807) is 31.4 Å². The standard InChI is InChI=1S/C30H38N8O3S/c1-35-16-18-37(19-17-35)21-10-13-36(14-11-21)22-8-9-25(26(20-22)41-2)38-15-12-24-28(38)29(34-30(31)33-24)32-23-6-4-5-7-27(23)42(3,39)40/h4-9,12,15,20-21H,10-11,13-14,16-19H2,1-3H3,(H3,31,32,33,34). The van der Waals surface area contributed by atoms with E-state index < -0.39 is 9.84 Å². The van der Waals surface area contributed by atoms with Crippen LogP contribution in [0.4, 0.5) is 23.1 Å². The van der Waals surface area contributed by atoms with Crippen LogP contribution in [0.25, 0.3) is 16.7 Å². The van der Waals surface area contributed by atoms with Crippen LogP contribution in [-0.2, 0) is 9.84 Å². The summed E-state index contributed by atoms with van der Waals surface area (Å²) >= 11 is 0. The maximum Gasteiger partial charge on any atom is 0.222 e. The molecule has 0 atom stereocenters. The first-order chi connectivity index (χ1) is 20.2. The third-order valence-corrected chi connectivity index (χ3v) is 9.55. The number of nitrogens with one attached hydrogen (secondary N) is 1. The number of likely N-dealkylation sites (N-methyl/N-ethyl adjacent to an activating group) is 1. The number of sulfone groups is 1. The van der Waals surface area contributed by atoms with Gasteiger partial charge >= 0.3 is 0 Å². The highest BCUT2D eigenvalue weighted by Crippen LogP contribution is 2.36. The number of rotatable bonds is 7. The lowest BCUT2D eigenvalue weighted by Crippen LogP contribution is -2.52. The Morgan fingerprint density at radius 2 is 1.71 bits per heavy atom. The first-order valence-corrected chi connectivity index (χ1v) is 16.2. The van der Waals surface area contributed by atoms with E-state index in [4.69, 9.17) is 10.5 Å². The van der Waals surface area contributed by atoms with Crippen molar-refractivity contribution in [3.05, 3.63) is 54.7 Å². The molecule has 42 heavy (non-hydrogen) atoms. The molecule has 222 valence electrons. The molecule has 0 aliphatic carbocycles. The number of nitrogens with two attached hydrogens (primary N) is 1. The van der Waals surface area contributed by atoms with Gasteiger partial charge in [-0.2, -0.15) is 4.98 Å². The molecular weight excluding hydrogens is 552 g/mol. The van der Waals surface area contributed by atoms with Crippen LogP contribution in [0.3, 0.4) is 0 Å². The van der Waals surface area contributed by atoms with E-state index in [-0.39, 0.29) is 10.8 Å². The predicted molar refractivity (Wildman–Crippen MR) is 167 cm³/mol. The zero-order chi connectivity index (χ0) is 29.4. The van der Waals surface area contributed by atoms with Crippen molar-refractivity contribution < 1.29 is 13.2 Å². The van der Waals surface area contributed by atoms with Crippen molar-refractivity contribution in [2.45, 2.75) is 23.8 Å². The van der Waals surface area contributed by atoms with Crippen molar-refractivity contribution in [1.82, 2.24) is 24.3 Å². The molecule has 2 fully saturated rings. The average Bonchev–Trinajstić information content (AvgIpc) is 3.41. The molecule has 2 aromatic heterocycles. The molecule has 0 bridgehead atoms. The Morgan fingerprint density at radius 1 is 0.976 bits per heavy atom. The van der Waals surface area contributed by atoms with Crippen LogP contribution >= 0.6 is 0 Å². The quantitative estimate of drug-likeness (QED) is 0.331. The monoisotopic (exact) mass is 590 g/mol. The minimum absolute atomic E-state index is 0.0851. The molecular formula is C30H38N8O3S. The minimum Gasteiger partial charge on any atom is -0.494 e. The molecule has 2 aromatic carbocycles. The van der Waals surface area contributed by atoms with Crippen molar-refractivity contribution in [3.63, 3.8) is 0 Å². The fraction of sp³-hybridized carbons (Fsp3) is 0.400. The molecule has 0 unspecified atom stereocenters. The molecule has 0 spiro atoms. The predicted octanol–water partition coefficient (Wildman–Crippen LogP) is 3.37. The fourth-order valence-corrected chi connectivity index (χ4v) is 6.95. The largest absolute Gasteiger partial charge is 0.494 e. The summed E-state index contributed by atoms with van der Waals surface area (Å²) < 4.78 is 32.7. The minimum atomic E-state index is -3.48. The van der Waals surface area contributed by atoms with Crippen molar-refractivity contribution in [2.24, 2.45) is 0 Å². The molecule has 4 heterocycles. The van der Waals surface area contributed by atoms with Crippen molar-refractivity contribution in [2.75, 3.05) is 75.6 Å². The smallest absolute Gasteiger partial charge is 0.222 e. The van der Waals surface area contributed by atoms with Crippen LogP contribution in [0, 0.1) is 0 Å². The van der Waals surface area contributed by atoms with E-state index in [2.05, 4.69) is 49.2 Å². The zero-order valence-corrected chi connectivity index (χ0v) is 25.1. The Bertz CT molecular complexity index is 1690. The Balaban J connectivity index is 1.29. The maximum atomic E-state index is 12.4. The van der Waals surface area contributed by atoms with E-state index in [1.165, 1.54) is 6.26 Å². The van der Waals surface area contributed by atoms with E-state index >= 15 is 0 Å². The summed E-state index contributed by atoms with van der Waals surface area (Å²) in [6.45, 7) is 6.61. The zero-order valence-electron chi connectivity index (χ0n) is 24.3. The second-order valence-corrected chi connectivity index (χ2v) is 13.1. The molecule has 12 heteroatoms. The van der Waals surface area contributed by atoms with Crippen LogP contribution in [0.2, 0.25) is 0 Å². The lowest BCUT2D eigenvalue weighted by Gasteiger charge is -2.42. The molecule has 3 N–H and O–H groups in total. The molecule has 0 saturated carbocycles.